The topological polar surface area (TPSA) is 258 Å². The second kappa shape index (κ2) is 42.0. The van der Waals surface area contributed by atoms with Gasteiger partial charge in [-0.3, -0.25) is 24.0 Å². The SMILES string of the molecule is CCCCCCNCCCCCCCCC(=O)NC(CCC(=O)NCCOCCOCCC(=O)NCCOCCOCCC(=O)NCCCCC(NI)C(N)=O)C(=O)O. The van der Waals surface area contributed by atoms with Gasteiger partial charge in [0.1, 0.15) is 6.04 Å². The number of nitrogens with one attached hydrogen (secondary N) is 6. The number of rotatable bonds is 44. The van der Waals surface area contributed by atoms with Gasteiger partial charge in [0, 0.05) is 68.2 Å². The number of primary amides is 1. The summed E-state index contributed by atoms with van der Waals surface area (Å²) in [6, 6.07) is -1.48. The smallest absolute Gasteiger partial charge is 0.326 e. The number of carboxylic acid groups (broad SMARTS) is 1. The van der Waals surface area contributed by atoms with Gasteiger partial charge in [-0.05, 0) is 58.0 Å². The van der Waals surface area contributed by atoms with Crippen LogP contribution >= 0.6 is 22.9 Å². The van der Waals surface area contributed by atoms with Crippen LogP contribution in [0.25, 0.3) is 0 Å². The molecule has 2 atom stereocenters. The Morgan fingerprint density at radius 3 is 1.51 bits per heavy atom. The van der Waals surface area contributed by atoms with Crippen molar-refractivity contribution in [2.45, 2.75) is 135 Å². The molecule has 0 aromatic heterocycles. The van der Waals surface area contributed by atoms with Crippen molar-refractivity contribution in [3.63, 3.8) is 0 Å². The van der Waals surface area contributed by atoms with E-state index in [9.17, 15) is 33.9 Å². The molecule has 0 spiro atoms. The van der Waals surface area contributed by atoms with E-state index in [-0.39, 0.29) is 101 Å². The molecule has 2 unspecified atom stereocenters. The first-order valence-corrected chi connectivity index (χ1v) is 22.7. The number of nitrogens with two attached hydrogens (primary N) is 1. The van der Waals surface area contributed by atoms with Gasteiger partial charge in [0.25, 0.3) is 0 Å². The molecular formula is C40H76IN7O11. The quantitative estimate of drug-likeness (QED) is 0.0248. The lowest BCUT2D eigenvalue weighted by molar-refractivity contribution is -0.142. The largest absolute Gasteiger partial charge is 0.480 e. The third-order valence-corrected chi connectivity index (χ3v) is 9.80. The van der Waals surface area contributed by atoms with E-state index < -0.39 is 17.9 Å². The minimum Gasteiger partial charge on any atom is -0.480 e. The molecule has 0 heterocycles. The van der Waals surface area contributed by atoms with Crippen molar-refractivity contribution in [2.75, 3.05) is 85.6 Å². The van der Waals surface area contributed by atoms with Gasteiger partial charge in [-0.1, -0.05) is 51.9 Å². The van der Waals surface area contributed by atoms with E-state index in [1.165, 1.54) is 25.7 Å². The molecule has 0 aliphatic rings. The summed E-state index contributed by atoms with van der Waals surface area (Å²) >= 11 is 1.90. The van der Waals surface area contributed by atoms with Gasteiger partial charge in [0.2, 0.25) is 29.5 Å². The summed E-state index contributed by atoms with van der Waals surface area (Å²) in [6.07, 6.45) is 14.0. The average molecular weight is 958 g/mol. The lowest BCUT2D eigenvalue weighted by Crippen LogP contribution is -2.41. The summed E-state index contributed by atoms with van der Waals surface area (Å²) in [5.74, 6) is -2.48. The van der Waals surface area contributed by atoms with Gasteiger partial charge in [-0.25, -0.2) is 8.32 Å². The minimum atomic E-state index is -1.17. The van der Waals surface area contributed by atoms with E-state index in [2.05, 4.69) is 37.0 Å². The summed E-state index contributed by atoms with van der Waals surface area (Å²) in [5.41, 5.74) is 5.27. The Balaban J connectivity index is 3.63. The maximum Gasteiger partial charge on any atom is 0.326 e. The number of halogens is 1. The van der Waals surface area contributed by atoms with Crippen LogP contribution in [0.3, 0.4) is 0 Å². The van der Waals surface area contributed by atoms with Crippen LogP contribution in [-0.4, -0.2) is 138 Å². The second-order valence-corrected chi connectivity index (χ2v) is 14.9. The molecule has 18 nitrogen and oxygen atoms in total. The first kappa shape index (κ1) is 56.3. The fourth-order valence-corrected chi connectivity index (χ4v) is 6.18. The van der Waals surface area contributed by atoms with Crippen LogP contribution in [0.4, 0.5) is 0 Å². The van der Waals surface area contributed by atoms with E-state index in [0.717, 1.165) is 58.0 Å². The van der Waals surface area contributed by atoms with Crippen molar-refractivity contribution in [3.05, 3.63) is 0 Å². The Morgan fingerprint density at radius 1 is 0.508 bits per heavy atom. The number of hydrogen-bond acceptors (Lipinski definition) is 12. The first-order chi connectivity index (χ1) is 28.6. The van der Waals surface area contributed by atoms with Gasteiger partial charge in [0.15, 0.2) is 0 Å². The molecule has 0 aliphatic carbocycles. The zero-order valence-electron chi connectivity index (χ0n) is 35.6. The van der Waals surface area contributed by atoms with Gasteiger partial charge < -0.3 is 56.4 Å². The van der Waals surface area contributed by atoms with Crippen molar-refractivity contribution in [1.82, 2.24) is 30.1 Å². The number of carbonyl (C=O) groups is 6. The van der Waals surface area contributed by atoms with Gasteiger partial charge in [-0.2, -0.15) is 0 Å². The molecule has 0 radical (unpaired) electrons. The zero-order valence-corrected chi connectivity index (χ0v) is 37.7. The summed E-state index contributed by atoms with van der Waals surface area (Å²) in [6.45, 7) is 7.73. The normalized spacial score (nSPS) is 12.1. The number of carboxylic acids is 1. The highest BCUT2D eigenvalue weighted by Gasteiger charge is 2.21. The fraction of sp³-hybridized carbons (Fsp3) is 0.850. The van der Waals surface area contributed by atoms with Gasteiger partial charge in [-0.15, -0.1) is 0 Å². The molecule has 0 aromatic rings. The zero-order chi connectivity index (χ0) is 43.6. The monoisotopic (exact) mass is 957 g/mol. The van der Waals surface area contributed by atoms with Crippen molar-refractivity contribution in [2.24, 2.45) is 5.73 Å². The number of aliphatic carboxylic acids is 1. The molecule has 0 bridgehead atoms. The Labute approximate surface area is 365 Å². The van der Waals surface area contributed by atoms with Crippen LogP contribution in [0.2, 0.25) is 0 Å². The van der Waals surface area contributed by atoms with Crippen LogP contribution in [0.5, 0.6) is 0 Å². The summed E-state index contributed by atoms with van der Waals surface area (Å²) < 4.78 is 24.5. The molecule has 0 saturated heterocycles. The van der Waals surface area contributed by atoms with Crippen molar-refractivity contribution in [3.8, 4) is 0 Å². The lowest BCUT2D eigenvalue weighted by atomic mass is 10.1. The van der Waals surface area contributed by atoms with E-state index in [1.54, 1.807) is 0 Å². The van der Waals surface area contributed by atoms with E-state index >= 15 is 0 Å². The molecule has 59 heavy (non-hydrogen) atoms. The fourth-order valence-electron chi connectivity index (χ4n) is 5.56. The van der Waals surface area contributed by atoms with Crippen LogP contribution in [0.1, 0.15) is 122 Å². The number of amides is 5. The Kier molecular flexibility index (Phi) is 40.1. The average Bonchev–Trinajstić information content (AvgIpc) is 3.20. The number of ether oxygens (including phenoxy) is 4. The number of hydrogen-bond donors (Lipinski definition) is 8. The highest BCUT2D eigenvalue weighted by atomic mass is 127. The molecule has 344 valence electrons. The third-order valence-electron chi connectivity index (χ3n) is 9.05. The van der Waals surface area contributed by atoms with Gasteiger partial charge in [0.05, 0.1) is 58.9 Å². The molecule has 5 amide bonds. The van der Waals surface area contributed by atoms with Crippen LogP contribution in [0, 0.1) is 0 Å². The predicted octanol–water partition coefficient (Wildman–Crippen LogP) is 2.40. The first-order valence-electron chi connectivity index (χ1n) is 21.6. The molecule has 0 aliphatic heterocycles. The maximum absolute atomic E-state index is 12.3. The van der Waals surface area contributed by atoms with Crippen molar-refractivity contribution < 1.29 is 52.8 Å². The van der Waals surface area contributed by atoms with Crippen LogP contribution in [0.15, 0.2) is 0 Å². The molecule has 0 aromatic carbocycles. The highest BCUT2D eigenvalue weighted by molar-refractivity contribution is 14.1. The van der Waals surface area contributed by atoms with Crippen molar-refractivity contribution >= 4 is 58.4 Å². The Morgan fingerprint density at radius 2 is 0.983 bits per heavy atom. The lowest BCUT2D eigenvalue weighted by Gasteiger charge is -2.14. The molecule has 0 fully saturated rings. The maximum atomic E-state index is 12.3. The second-order valence-electron chi connectivity index (χ2n) is 14.2. The summed E-state index contributed by atoms with van der Waals surface area (Å²) in [4.78, 5) is 71.1. The molecule has 0 rings (SSSR count). The van der Waals surface area contributed by atoms with Crippen molar-refractivity contribution in [1.29, 1.82) is 0 Å². The third kappa shape index (κ3) is 39.2. The van der Waals surface area contributed by atoms with Gasteiger partial charge >= 0.3 is 5.97 Å². The minimum absolute atomic E-state index is 0.00400. The Hall–Kier alpha value is -2.69. The highest BCUT2D eigenvalue weighted by Crippen LogP contribution is 2.08. The van der Waals surface area contributed by atoms with Crippen LogP contribution in [-0.2, 0) is 47.7 Å². The number of carbonyl (C=O) groups excluding carboxylic acids is 5. The van der Waals surface area contributed by atoms with E-state index in [4.69, 9.17) is 24.7 Å². The molecule has 9 N–H and O–H groups in total. The Bertz CT molecular complexity index is 1110. The van der Waals surface area contributed by atoms with E-state index in [1.807, 2.05) is 22.9 Å². The summed E-state index contributed by atoms with van der Waals surface area (Å²) in [7, 11) is 0. The molecule has 19 heteroatoms. The molecular weight excluding hydrogens is 881 g/mol. The van der Waals surface area contributed by atoms with Crippen LogP contribution < -0.4 is 35.8 Å². The predicted molar refractivity (Wildman–Crippen MR) is 234 cm³/mol. The molecule has 0 saturated carbocycles. The van der Waals surface area contributed by atoms with E-state index in [0.29, 0.717) is 45.8 Å². The summed E-state index contributed by atoms with van der Waals surface area (Å²) in [5, 5.41) is 23.8. The standard InChI is InChI=1S/C40H76IN7O11/c1-2-3-4-11-20-43-21-12-8-6-5-7-9-15-38(52)47-34(40(54)55)16-17-35(49)45-23-27-58-31-30-57-26-19-37(51)46-24-28-59-32-29-56-25-18-36(50)44-22-13-10-14-33(48-41)39(42)53/h33-34,43,48H,2-32H2,1H3,(H2,42,53)(H,44,50)(H,45,49)(H,46,51)(H,47,52)(H,54,55). The number of unbranched alkanes of at least 4 members (excludes halogenated alkanes) is 9.